The summed E-state index contributed by atoms with van der Waals surface area (Å²) in [6.07, 6.45) is -2.73. The first-order valence-corrected chi connectivity index (χ1v) is 6.24. The van der Waals surface area contributed by atoms with Gasteiger partial charge in [0.15, 0.2) is 0 Å². The minimum atomic E-state index is -4.36. The molecule has 0 bridgehead atoms. The van der Waals surface area contributed by atoms with Crippen LogP contribution in [0.1, 0.15) is 11.1 Å². The Balaban J connectivity index is 0.00000242. The van der Waals surface area contributed by atoms with Crippen LogP contribution in [0.3, 0.4) is 0 Å². The molecule has 2 aromatic rings. The third-order valence-electron chi connectivity index (χ3n) is 2.98. The number of benzene rings is 2. The molecule has 2 rings (SSSR count). The summed E-state index contributed by atoms with van der Waals surface area (Å²) in [5.74, 6) is 0. The second-order valence-corrected chi connectivity index (χ2v) is 4.40. The van der Waals surface area contributed by atoms with Crippen LogP contribution in [-0.2, 0) is 38.9 Å². The predicted molar refractivity (Wildman–Crippen MR) is 80.2 cm³/mol. The summed E-state index contributed by atoms with van der Waals surface area (Å²) < 4.78 is 38.1. The van der Waals surface area contributed by atoms with Crippen molar-refractivity contribution in [2.24, 2.45) is 0 Å². The number of nitrogens with zero attached hydrogens (tertiary/aromatic N) is 1. The fourth-order valence-electron chi connectivity index (χ4n) is 1.90. The van der Waals surface area contributed by atoms with Crippen LogP contribution >= 0.6 is 0 Å². The molecule has 1 radical (unpaired) electrons. The van der Waals surface area contributed by atoms with Crippen LogP contribution in [0.2, 0.25) is 0 Å². The van der Waals surface area contributed by atoms with E-state index in [0.29, 0.717) is 11.4 Å². The molecule has 0 aliphatic carbocycles. The molecule has 0 amide bonds. The molecule has 22 heavy (non-hydrogen) atoms. The molecule has 0 fully saturated rings. The molecule has 0 saturated carbocycles. The van der Waals surface area contributed by atoms with E-state index in [1.807, 2.05) is 6.07 Å². The molecular formula is C16H14F3N2Y-. The zero-order chi connectivity index (χ0) is 15.5. The van der Waals surface area contributed by atoms with Crippen molar-refractivity contribution in [3.63, 3.8) is 0 Å². The summed E-state index contributed by atoms with van der Waals surface area (Å²) in [7, 11) is 1.67. The SMILES string of the molecule is C=Cc1cc([N-]C)ccc1Nc1cccc(C(F)(F)F)c1.[Y]. The maximum atomic E-state index is 12.7. The molecule has 113 valence electrons. The fraction of sp³-hybridized carbons (Fsp3) is 0.125. The van der Waals surface area contributed by atoms with Gasteiger partial charge in [-0.15, -0.1) is 12.7 Å². The smallest absolute Gasteiger partial charge is 0.416 e. The van der Waals surface area contributed by atoms with Gasteiger partial charge in [0.1, 0.15) is 0 Å². The Bertz CT molecular complexity index is 654. The molecule has 0 heterocycles. The summed E-state index contributed by atoms with van der Waals surface area (Å²) in [5.41, 5.74) is 1.91. The second-order valence-electron chi connectivity index (χ2n) is 4.40. The van der Waals surface area contributed by atoms with Crippen LogP contribution in [-0.4, -0.2) is 7.05 Å². The van der Waals surface area contributed by atoms with E-state index in [0.717, 1.165) is 23.4 Å². The molecule has 2 aromatic carbocycles. The van der Waals surface area contributed by atoms with Crippen LogP contribution in [0.25, 0.3) is 11.4 Å². The van der Waals surface area contributed by atoms with Crippen LogP contribution in [0.15, 0.2) is 49.0 Å². The molecular weight excluding hydrogens is 366 g/mol. The monoisotopic (exact) mass is 380 g/mol. The van der Waals surface area contributed by atoms with Crippen molar-refractivity contribution in [2.75, 3.05) is 12.4 Å². The zero-order valence-electron chi connectivity index (χ0n) is 12.0. The van der Waals surface area contributed by atoms with Gasteiger partial charge in [-0.3, -0.25) is 0 Å². The van der Waals surface area contributed by atoms with E-state index in [9.17, 15) is 13.2 Å². The molecule has 2 nitrogen and oxygen atoms in total. The maximum Gasteiger partial charge on any atom is 0.416 e. The Morgan fingerprint density at radius 3 is 2.45 bits per heavy atom. The Morgan fingerprint density at radius 2 is 1.86 bits per heavy atom. The van der Waals surface area contributed by atoms with Crippen molar-refractivity contribution in [2.45, 2.75) is 6.18 Å². The van der Waals surface area contributed by atoms with Gasteiger partial charge in [-0.05, 0) is 29.8 Å². The van der Waals surface area contributed by atoms with Gasteiger partial charge < -0.3 is 10.6 Å². The summed E-state index contributed by atoms with van der Waals surface area (Å²) >= 11 is 0. The van der Waals surface area contributed by atoms with Gasteiger partial charge in [-0.2, -0.15) is 13.2 Å². The molecule has 0 unspecified atom stereocenters. The van der Waals surface area contributed by atoms with Crippen LogP contribution in [0.4, 0.5) is 30.2 Å². The minimum absolute atomic E-state index is 0. The summed E-state index contributed by atoms with van der Waals surface area (Å²) in [6.45, 7) is 3.70. The summed E-state index contributed by atoms with van der Waals surface area (Å²) in [4.78, 5) is 0. The molecule has 1 N–H and O–H groups in total. The third kappa shape index (κ3) is 4.58. The third-order valence-corrected chi connectivity index (χ3v) is 2.98. The van der Waals surface area contributed by atoms with Gasteiger partial charge in [-0.25, -0.2) is 0 Å². The number of halogens is 3. The average Bonchev–Trinajstić information content (AvgIpc) is 2.47. The standard InChI is InChI=1S/C16H14F3N2.Y/c1-3-11-9-13(20-2)7-8-15(11)21-14-6-4-5-12(10-14)16(17,18)19;/h3-10,21H,1H2,2H3;/q-1;. The van der Waals surface area contributed by atoms with Crippen LogP contribution < -0.4 is 5.32 Å². The van der Waals surface area contributed by atoms with Crippen molar-refractivity contribution >= 4 is 23.1 Å². The summed E-state index contributed by atoms with van der Waals surface area (Å²) in [6, 6.07) is 10.4. The van der Waals surface area contributed by atoms with Crippen molar-refractivity contribution < 1.29 is 45.9 Å². The molecule has 0 spiro atoms. The van der Waals surface area contributed by atoms with Crippen molar-refractivity contribution in [1.29, 1.82) is 0 Å². The molecule has 0 atom stereocenters. The Hall–Kier alpha value is -1.33. The van der Waals surface area contributed by atoms with Crippen molar-refractivity contribution in [3.8, 4) is 0 Å². The van der Waals surface area contributed by atoms with E-state index in [4.69, 9.17) is 0 Å². The van der Waals surface area contributed by atoms with E-state index in [1.165, 1.54) is 6.07 Å². The molecule has 0 saturated heterocycles. The fourth-order valence-corrected chi connectivity index (χ4v) is 1.90. The summed E-state index contributed by atoms with van der Waals surface area (Å²) in [5, 5.41) is 7.02. The van der Waals surface area contributed by atoms with Crippen molar-refractivity contribution in [3.05, 3.63) is 65.5 Å². The predicted octanol–water partition coefficient (Wildman–Crippen LogP) is 5.72. The van der Waals surface area contributed by atoms with E-state index < -0.39 is 11.7 Å². The van der Waals surface area contributed by atoms with E-state index in [1.54, 1.807) is 31.3 Å². The average molecular weight is 380 g/mol. The quantitative estimate of drug-likeness (QED) is 0.721. The Labute approximate surface area is 152 Å². The topological polar surface area (TPSA) is 26.1 Å². The van der Waals surface area contributed by atoms with Gasteiger partial charge in [0.2, 0.25) is 0 Å². The second kappa shape index (κ2) is 7.79. The van der Waals surface area contributed by atoms with E-state index in [-0.39, 0.29) is 32.7 Å². The minimum Gasteiger partial charge on any atom is -0.687 e. The number of hydrogen-bond acceptors (Lipinski definition) is 1. The van der Waals surface area contributed by atoms with Crippen LogP contribution in [0.5, 0.6) is 0 Å². The molecule has 0 aromatic heterocycles. The zero-order valence-corrected chi connectivity index (χ0v) is 14.8. The Morgan fingerprint density at radius 1 is 1.14 bits per heavy atom. The van der Waals surface area contributed by atoms with E-state index >= 15 is 0 Å². The van der Waals surface area contributed by atoms with Gasteiger partial charge in [0.25, 0.3) is 0 Å². The first-order chi connectivity index (χ1) is 9.94. The van der Waals surface area contributed by atoms with E-state index in [2.05, 4.69) is 17.2 Å². The Kier molecular flexibility index (Phi) is 6.63. The van der Waals surface area contributed by atoms with Crippen molar-refractivity contribution in [1.82, 2.24) is 0 Å². The number of rotatable bonds is 4. The van der Waals surface area contributed by atoms with Crippen LogP contribution in [0, 0.1) is 0 Å². The largest absolute Gasteiger partial charge is 0.687 e. The molecule has 0 aliphatic heterocycles. The van der Waals surface area contributed by atoms with Gasteiger partial charge in [-0.1, -0.05) is 30.9 Å². The molecule has 6 heteroatoms. The first-order valence-electron chi connectivity index (χ1n) is 6.24. The molecule has 0 aliphatic rings. The van der Waals surface area contributed by atoms with Gasteiger partial charge in [0.05, 0.1) is 5.56 Å². The van der Waals surface area contributed by atoms with Gasteiger partial charge >= 0.3 is 6.18 Å². The normalized spacial score (nSPS) is 10.5. The van der Waals surface area contributed by atoms with Gasteiger partial charge in [0, 0.05) is 44.1 Å². The number of anilines is 2. The number of nitrogens with one attached hydrogen (secondary N) is 1. The first kappa shape index (κ1) is 18.7. The maximum absolute atomic E-state index is 12.7. The number of alkyl halides is 3. The number of hydrogen-bond donors (Lipinski definition) is 1.